The molecular weight excluding hydrogens is 290 g/mol. The zero-order valence-electron chi connectivity index (χ0n) is 11.4. The fourth-order valence-electron chi connectivity index (χ4n) is 2.46. The maximum atomic E-state index is 10.7. The third-order valence-electron chi connectivity index (χ3n) is 3.89. The van der Waals surface area contributed by atoms with Crippen LogP contribution in [0.5, 0.6) is 0 Å². The molecule has 0 aliphatic heterocycles. The lowest BCUT2D eigenvalue weighted by atomic mass is 10.1. The van der Waals surface area contributed by atoms with Crippen molar-refractivity contribution in [1.29, 1.82) is 0 Å². The highest BCUT2D eigenvalue weighted by Gasteiger charge is 2.29. The quantitative estimate of drug-likeness (QED) is 0.678. The Balaban J connectivity index is 1.75. The molecule has 2 N–H and O–H groups in total. The van der Waals surface area contributed by atoms with Crippen molar-refractivity contribution in [2.24, 2.45) is 11.7 Å². The van der Waals surface area contributed by atoms with Crippen LogP contribution in [0.15, 0.2) is 36.7 Å². The third-order valence-corrected chi connectivity index (χ3v) is 4.24. The molecule has 1 saturated carbocycles. The van der Waals surface area contributed by atoms with Gasteiger partial charge in [-0.15, -0.1) is 0 Å². The van der Waals surface area contributed by atoms with Gasteiger partial charge in [-0.05, 0) is 42.0 Å². The molecule has 0 spiro atoms. The van der Waals surface area contributed by atoms with Crippen LogP contribution in [0.2, 0.25) is 5.02 Å². The Morgan fingerprint density at radius 2 is 2.19 bits per heavy atom. The molecule has 110 valence electrons. The summed E-state index contributed by atoms with van der Waals surface area (Å²) in [5.41, 5.74) is 8.17. The van der Waals surface area contributed by atoms with Crippen molar-refractivity contribution < 1.29 is 4.92 Å². The van der Waals surface area contributed by atoms with Gasteiger partial charge in [0.1, 0.15) is 0 Å². The first-order valence-corrected chi connectivity index (χ1v) is 7.26. The molecule has 1 atom stereocenters. The molecule has 1 aliphatic carbocycles. The first kappa shape index (κ1) is 14.1. The minimum Gasteiger partial charge on any atom is -0.350 e. The maximum absolute atomic E-state index is 10.7. The van der Waals surface area contributed by atoms with Gasteiger partial charge in [0, 0.05) is 37.1 Å². The monoisotopic (exact) mass is 305 g/mol. The Labute approximate surface area is 127 Å². The molecule has 6 heteroatoms. The van der Waals surface area contributed by atoms with E-state index in [4.69, 9.17) is 17.3 Å². The Bertz CT molecular complexity index is 679. The SMILES string of the molecule is NC(c1ccn(Cc2ccc([N+](=O)[O-])cc2Cl)c1)C1CC1. The lowest BCUT2D eigenvalue weighted by Crippen LogP contribution is -2.11. The van der Waals surface area contributed by atoms with Crippen molar-refractivity contribution >= 4 is 17.3 Å². The van der Waals surface area contributed by atoms with Crippen molar-refractivity contribution in [2.45, 2.75) is 25.4 Å². The fourth-order valence-corrected chi connectivity index (χ4v) is 2.69. The summed E-state index contributed by atoms with van der Waals surface area (Å²) in [6, 6.07) is 6.70. The van der Waals surface area contributed by atoms with E-state index in [1.54, 1.807) is 6.07 Å². The van der Waals surface area contributed by atoms with E-state index in [0.717, 1.165) is 11.1 Å². The van der Waals surface area contributed by atoms with E-state index in [-0.39, 0.29) is 11.7 Å². The van der Waals surface area contributed by atoms with E-state index in [1.807, 2.05) is 23.0 Å². The molecule has 0 radical (unpaired) electrons. The summed E-state index contributed by atoms with van der Waals surface area (Å²) in [6.07, 6.45) is 6.41. The number of nitrogens with two attached hydrogens (primary N) is 1. The number of hydrogen-bond acceptors (Lipinski definition) is 3. The lowest BCUT2D eigenvalue weighted by Gasteiger charge is -2.08. The average molecular weight is 306 g/mol. The van der Waals surface area contributed by atoms with Crippen LogP contribution in [0.1, 0.15) is 30.0 Å². The van der Waals surface area contributed by atoms with Gasteiger partial charge in [0.25, 0.3) is 5.69 Å². The standard InChI is InChI=1S/C15H16ClN3O2/c16-14-7-13(19(20)21)4-3-11(14)8-18-6-5-12(9-18)15(17)10-1-2-10/h3-7,9-10,15H,1-2,8,17H2. The highest BCUT2D eigenvalue weighted by Crippen LogP contribution is 2.39. The van der Waals surface area contributed by atoms with Gasteiger partial charge in [-0.2, -0.15) is 0 Å². The van der Waals surface area contributed by atoms with E-state index < -0.39 is 4.92 Å². The molecule has 3 rings (SSSR count). The summed E-state index contributed by atoms with van der Waals surface area (Å²) < 4.78 is 2.00. The topological polar surface area (TPSA) is 74.1 Å². The van der Waals surface area contributed by atoms with Gasteiger partial charge in [0.2, 0.25) is 0 Å². The smallest absolute Gasteiger partial charge is 0.270 e. The van der Waals surface area contributed by atoms with Crippen molar-refractivity contribution in [3.8, 4) is 0 Å². The third kappa shape index (κ3) is 3.09. The molecule has 0 bridgehead atoms. The number of halogens is 1. The molecule has 1 aliphatic rings. The Morgan fingerprint density at radius 3 is 2.81 bits per heavy atom. The van der Waals surface area contributed by atoms with Gasteiger partial charge in [-0.3, -0.25) is 10.1 Å². The zero-order valence-corrected chi connectivity index (χ0v) is 12.2. The second-order valence-corrected chi connectivity index (χ2v) is 5.92. The number of benzene rings is 1. The molecule has 2 aromatic rings. The zero-order chi connectivity index (χ0) is 15.0. The number of hydrogen-bond donors (Lipinski definition) is 1. The van der Waals surface area contributed by atoms with Gasteiger partial charge in [0.05, 0.1) is 9.95 Å². The Morgan fingerprint density at radius 1 is 1.43 bits per heavy atom. The largest absolute Gasteiger partial charge is 0.350 e. The molecule has 21 heavy (non-hydrogen) atoms. The van der Waals surface area contributed by atoms with Crippen LogP contribution in [0.3, 0.4) is 0 Å². The molecule has 0 saturated heterocycles. The van der Waals surface area contributed by atoms with E-state index in [9.17, 15) is 10.1 Å². The van der Waals surface area contributed by atoms with Gasteiger partial charge >= 0.3 is 0 Å². The first-order chi connectivity index (χ1) is 10.0. The highest BCUT2D eigenvalue weighted by molar-refractivity contribution is 6.31. The molecule has 1 aromatic heterocycles. The van der Waals surface area contributed by atoms with Gasteiger partial charge in [-0.25, -0.2) is 0 Å². The molecule has 1 fully saturated rings. The number of nitro groups is 1. The van der Waals surface area contributed by atoms with Crippen molar-refractivity contribution in [1.82, 2.24) is 4.57 Å². The van der Waals surface area contributed by atoms with Crippen LogP contribution in [0.4, 0.5) is 5.69 Å². The highest BCUT2D eigenvalue weighted by atomic mass is 35.5. The summed E-state index contributed by atoms with van der Waals surface area (Å²) in [7, 11) is 0. The first-order valence-electron chi connectivity index (χ1n) is 6.88. The van der Waals surface area contributed by atoms with Crippen molar-refractivity contribution in [2.75, 3.05) is 0 Å². The second kappa shape index (κ2) is 5.50. The number of non-ortho nitro benzene ring substituents is 1. The van der Waals surface area contributed by atoms with Crippen LogP contribution < -0.4 is 5.73 Å². The predicted molar refractivity (Wildman–Crippen MR) is 81.3 cm³/mol. The summed E-state index contributed by atoms with van der Waals surface area (Å²) in [4.78, 5) is 10.3. The normalized spacial score (nSPS) is 15.9. The van der Waals surface area contributed by atoms with Crippen LogP contribution >= 0.6 is 11.6 Å². The number of rotatable bonds is 5. The minimum atomic E-state index is -0.446. The van der Waals surface area contributed by atoms with Crippen LogP contribution in [-0.4, -0.2) is 9.49 Å². The molecule has 1 aromatic carbocycles. The van der Waals surface area contributed by atoms with E-state index in [2.05, 4.69) is 0 Å². The maximum Gasteiger partial charge on any atom is 0.270 e. The second-order valence-electron chi connectivity index (χ2n) is 5.51. The summed E-state index contributed by atoms with van der Waals surface area (Å²) in [5, 5.41) is 11.1. The summed E-state index contributed by atoms with van der Waals surface area (Å²) in [5.74, 6) is 0.615. The van der Waals surface area contributed by atoms with Gasteiger partial charge in [0.15, 0.2) is 0 Å². The van der Waals surface area contributed by atoms with Gasteiger partial charge in [-0.1, -0.05) is 11.6 Å². The van der Waals surface area contributed by atoms with Crippen molar-refractivity contribution in [3.63, 3.8) is 0 Å². The minimum absolute atomic E-state index is 0.00713. The number of aromatic nitrogens is 1. The number of nitrogens with zero attached hydrogens (tertiary/aromatic N) is 2. The molecule has 1 unspecified atom stereocenters. The van der Waals surface area contributed by atoms with E-state index >= 15 is 0 Å². The number of nitro benzene ring substituents is 1. The summed E-state index contributed by atoms with van der Waals surface area (Å²) >= 11 is 6.11. The van der Waals surface area contributed by atoms with Crippen LogP contribution in [0.25, 0.3) is 0 Å². The average Bonchev–Trinajstić information content (AvgIpc) is 3.20. The fraction of sp³-hybridized carbons (Fsp3) is 0.333. The van der Waals surface area contributed by atoms with E-state index in [1.165, 1.54) is 25.0 Å². The Hall–Kier alpha value is -1.85. The summed E-state index contributed by atoms with van der Waals surface area (Å²) in [6.45, 7) is 0.578. The molecule has 1 heterocycles. The molecule has 0 amide bonds. The van der Waals surface area contributed by atoms with Crippen LogP contribution in [-0.2, 0) is 6.54 Å². The Kier molecular flexibility index (Phi) is 3.69. The van der Waals surface area contributed by atoms with Crippen molar-refractivity contribution in [3.05, 3.63) is 62.9 Å². The molecule has 5 nitrogen and oxygen atoms in total. The lowest BCUT2D eigenvalue weighted by molar-refractivity contribution is -0.384. The van der Waals surface area contributed by atoms with E-state index in [0.29, 0.717) is 17.5 Å². The molecular formula is C15H16ClN3O2. The van der Waals surface area contributed by atoms with Gasteiger partial charge < -0.3 is 10.3 Å². The van der Waals surface area contributed by atoms with Crippen LogP contribution in [0, 0.1) is 16.0 Å². The predicted octanol–water partition coefficient (Wildman–Crippen LogP) is 3.51.